The molecule has 108 valence electrons. The summed E-state index contributed by atoms with van der Waals surface area (Å²) in [5.74, 6) is 0.0173. The lowest BCUT2D eigenvalue weighted by molar-refractivity contribution is 0.103. The Bertz CT molecular complexity index is 836. The predicted octanol–water partition coefficient (Wildman–Crippen LogP) is 4.10. The van der Waals surface area contributed by atoms with Crippen LogP contribution in [0.3, 0.4) is 0 Å². The number of hydrogen-bond acceptors (Lipinski definition) is 3. The number of benzene rings is 2. The molecule has 0 radical (unpaired) electrons. The van der Waals surface area contributed by atoms with Crippen molar-refractivity contribution >= 4 is 28.5 Å². The molecule has 1 atom stereocenters. The molecule has 4 heteroatoms. The first-order valence-electron chi connectivity index (χ1n) is 7.07. The van der Waals surface area contributed by atoms with Gasteiger partial charge in [-0.2, -0.15) is 0 Å². The number of carbonyl (C=O) groups excluding carboxylic acids is 2. The zero-order valence-electron chi connectivity index (χ0n) is 11.9. The average Bonchev–Trinajstić information content (AvgIpc) is 2.81. The van der Waals surface area contributed by atoms with Gasteiger partial charge in [0.1, 0.15) is 0 Å². The first-order chi connectivity index (χ1) is 10.6. The lowest BCUT2D eigenvalue weighted by Gasteiger charge is -2.24. The van der Waals surface area contributed by atoms with Gasteiger partial charge in [-0.25, -0.2) is 0 Å². The fraction of sp³-hybridized carbons (Fsp3) is 0.111. The molecule has 2 aliphatic rings. The van der Waals surface area contributed by atoms with Gasteiger partial charge in [-0.15, -0.1) is 0 Å². The number of fused-ring (bicyclic) bond motifs is 2. The molecule has 0 fully saturated rings. The van der Waals surface area contributed by atoms with Crippen molar-refractivity contribution in [1.82, 2.24) is 5.32 Å². The van der Waals surface area contributed by atoms with Crippen LogP contribution < -0.4 is 5.32 Å². The predicted molar refractivity (Wildman–Crippen MR) is 87.7 cm³/mol. The highest BCUT2D eigenvalue weighted by Gasteiger charge is 2.40. The maximum atomic E-state index is 12.8. The van der Waals surface area contributed by atoms with Gasteiger partial charge in [-0.05, 0) is 12.5 Å². The number of thioether (sulfide) groups is 1. The van der Waals surface area contributed by atoms with Gasteiger partial charge < -0.3 is 5.32 Å². The Morgan fingerprint density at radius 1 is 0.955 bits per heavy atom. The third kappa shape index (κ3) is 1.91. The van der Waals surface area contributed by atoms with Crippen molar-refractivity contribution in [3.05, 3.63) is 76.4 Å². The van der Waals surface area contributed by atoms with Crippen LogP contribution in [0.1, 0.15) is 32.3 Å². The number of amides is 1. The maximum absolute atomic E-state index is 12.8. The van der Waals surface area contributed by atoms with Gasteiger partial charge in [0, 0.05) is 16.7 Å². The van der Waals surface area contributed by atoms with Gasteiger partial charge in [-0.3, -0.25) is 9.59 Å². The van der Waals surface area contributed by atoms with Crippen LogP contribution in [0.4, 0.5) is 4.79 Å². The molecular formula is C18H13NO2S. The van der Waals surface area contributed by atoms with Gasteiger partial charge in [0.15, 0.2) is 5.78 Å². The van der Waals surface area contributed by atoms with Crippen molar-refractivity contribution < 1.29 is 9.59 Å². The van der Waals surface area contributed by atoms with E-state index in [4.69, 9.17) is 0 Å². The number of rotatable bonds is 1. The minimum Gasteiger partial charge on any atom is -0.316 e. The summed E-state index contributed by atoms with van der Waals surface area (Å²) in [6.07, 6.45) is 0. The zero-order chi connectivity index (χ0) is 15.3. The molecule has 1 N–H and O–H groups in total. The van der Waals surface area contributed by atoms with Crippen LogP contribution in [0.15, 0.2) is 54.1 Å². The summed E-state index contributed by atoms with van der Waals surface area (Å²) >= 11 is 1.17. The van der Waals surface area contributed by atoms with E-state index in [2.05, 4.69) is 5.32 Å². The molecule has 0 spiro atoms. The molecule has 0 saturated carbocycles. The molecule has 1 aliphatic carbocycles. The second kappa shape index (κ2) is 4.85. The van der Waals surface area contributed by atoms with Crippen molar-refractivity contribution in [2.45, 2.75) is 12.2 Å². The monoisotopic (exact) mass is 307 g/mol. The van der Waals surface area contributed by atoms with Gasteiger partial charge >= 0.3 is 0 Å². The Labute approximate surface area is 132 Å². The number of hydrogen-bond donors (Lipinski definition) is 1. The lowest BCUT2D eigenvalue weighted by atomic mass is 10.00. The van der Waals surface area contributed by atoms with Crippen molar-refractivity contribution in [2.75, 3.05) is 0 Å². The number of aryl methyl sites for hydroxylation is 1. The van der Waals surface area contributed by atoms with E-state index in [1.54, 1.807) is 0 Å². The highest BCUT2D eigenvalue weighted by Crippen LogP contribution is 2.47. The quantitative estimate of drug-likeness (QED) is 0.862. The molecule has 0 aromatic heterocycles. The first kappa shape index (κ1) is 13.3. The summed E-state index contributed by atoms with van der Waals surface area (Å²) in [6, 6.07) is 15.4. The van der Waals surface area contributed by atoms with E-state index in [-0.39, 0.29) is 16.3 Å². The van der Waals surface area contributed by atoms with Crippen LogP contribution in [0, 0.1) is 6.92 Å². The van der Waals surface area contributed by atoms with E-state index < -0.39 is 0 Å². The van der Waals surface area contributed by atoms with Crippen molar-refractivity contribution in [1.29, 1.82) is 0 Å². The fourth-order valence-corrected chi connectivity index (χ4v) is 3.97. The highest BCUT2D eigenvalue weighted by atomic mass is 32.2. The van der Waals surface area contributed by atoms with Crippen LogP contribution in [-0.2, 0) is 0 Å². The molecule has 4 rings (SSSR count). The van der Waals surface area contributed by atoms with Crippen molar-refractivity contribution in [3.8, 4) is 0 Å². The molecule has 2 aromatic carbocycles. The van der Waals surface area contributed by atoms with Gasteiger partial charge in [0.05, 0.1) is 10.9 Å². The third-order valence-electron chi connectivity index (χ3n) is 4.05. The molecule has 1 heterocycles. The SMILES string of the molecule is Cc1ccc([C@@H]2SC(=O)NC3=C2C(=O)c2ccccc23)cc1. The summed E-state index contributed by atoms with van der Waals surface area (Å²) in [6.45, 7) is 2.02. The Balaban J connectivity index is 1.88. The first-order valence-corrected chi connectivity index (χ1v) is 7.95. The second-order valence-corrected chi connectivity index (χ2v) is 6.56. The van der Waals surface area contributed by atoms with Crippen LogP contribution in [-0.4, -0.2) is 11.0 Å². The zero-order valence-corrected chi connectivity index (χ0v) is 12.7. The maximum Gasteiger partial charge on any atom is 0.284 e. The molecule has 0 saturated heterocycles. The molecule has 1 amide bonds. The smallest absolute Gasteiger partial charge is 0.284 e. The Hall–Kier alpha value is -2.33. The normalized spacial score (nSPS) is 19.8. The topological polar surface area (TPSA) is 46.2 Å². The van der Waals surface area contributed by atoms with E-state index in [0.29, 0.717) is 16.8 Å². The molecule has 0 bridgehead atoms. The minimum absolute atomic E-state index is 0.0173. The van der Waals surface area contributed by atoms with E-state index in [9.17, 15) is 9.59 Å². The highest BCUT2D eigenvalue weighted by molar-refractivity contribution is 8.14. The fourth-order valence-electron chi connectivity index (χ4n) is 2.96. The molecular weight excluding hydrogens is 294 g/mol. The summed E-state index contributed by atoms with van der Waals surface area (Å²) in [5, 5.41) is 2.50. The van der Waals surface area contributed by atoms with Crippen LogP contribution in [0.25, 0.3) is 5.70 Å². The Kier molecular flexibility index (Phi) is 2.94. The molecule has 3 nitrogen and oxygen atoms in total. The average molecular weight is 307 g/mol. The third-order valence-corrected chi connectivity index (χ3v) is 5.11. The summed E-state index contributed by atoms with van der Waals surface area (Å²) in [4.78, 5) is 24.8. The summed E-state index contributed by atoms with van der Waals surface area (Å²) < 4.78 is 0. The van der Waals surface area contributed by atoms with Crippen LogP contribution in [0.5, 0.6) is 0 Å². The van der Waals surface area contributed by atoms with Gasteiger partial charge in [-0.1, -0.05) is 65.9 Å². The van der Waals surface area contributed by atoms with Gasteiger partial charge in [0.25, 0.3) is 5.24 Å². The second-order valence-electron chi connectivity index (χ2n) is 5.48. The standard InChI is InChI=1S/C18H13NO2S/c1-10-6-8-11(9-7-10)17-14-15(19-18(21)22-17)12-4-2-3-5-13(12)16(14)20/h2-9,17H,1H3,(H,19,21)/t17-/m0/s1. The largest absolute Gasteiger partial charge is 0.316 e. The molecule has 0 unspecified atom stereocenters. The Morgan fingerprint density at radius 3 is 2.36 bits per heavy atom. The van der Waals surface area contributed by atoms with E-state index in [1.807, 2.05) is 55.5 Å². The minimum atomic E-state index is -0.246. The van der Waals surface area contributed by atoms with E-state index >= 15 is 0 Å². The lowest BCUT2D eigenvalue weighted by Crippen LogP contribution is -2.25. The van der Waals surface area contributed by atoms with E-state index in [0.717, 1.165) is 16.7 Å². The molecule has 2 aromatic rings. The Morgan fingerprint density at radius 2 is 1.64 bits per heavy atom. The molecule has 1 aliphatic heterocycles. The number of carbonyl (C=O) groups is 2. The summed E-state index contributed by atoms with van der Waals surface area (Å²) in [7, 11) is 0. The number of nitrogens with one attached hydrogen (secondary N) is 1. The van der Waals surface area contributed by atoms with Crippen molar-refractivity contribution in [2.24, 2.45) is 0 Å². The number of ketones is 1. The van der Waals surface area contributed by atoms with Crippen molar-refractivity contribution in [3.63, 3.8) is 0 Å². The van der Waals surface area contributed by atoms with Crippen LogP contribution in [0.2, 0.25) is 0 Å². The molecule has 22 heavy (non-hydrogen) atoms. The number of Topliss-reactive ketones (excluding diaryl/α,β-unsaturated/α-hetero) is 1. The van der Waals surface area contributed by atoms with Gasteiger partial charge in [0.2, 0.25) is 0 Å². The van der Waals surface area contributed by atoms with Crippen LogP contribution >= 0.6 is 11.8 Å². The summed E-state index contributed by atoms with van der Waals surface area (Å²) in [5.41, 5.74) is 5.01. The van der Waals surface area contributed by atoms with E-state index in [1.165, 1.54) is 11.8 Å².